The molecule has 204 valence electrons. The smallest absolute Gasteiger partial charge is 0.416 e. The van der Waals surface area contributed by atoms with E-state index in [1.807, 2.05) is 6.07 Å². The number of amides is 1. The molecule has 0 spiro atoms. The molecular weight excluding hydrogens is 557 g/mol. The van der Waals surface area contributed by atoms with E-state index in [-0.39, 0.29) is 52.8 Å². The largest absolute Gasteiger partial charge is 0.478 e. The van der Waals surface area contributed by atoms with Crippen LogP contribution in [-0.4, -0.2) is 55.9 Å². The normalized spacial score (nSPS) is 14.6. The maximum absolute atomic E-state index is 13.4. The highest BCUT2D eigenvalue weighted by Gasteiger charge is 2.34. The maximum atomic E-state index is 13.4. The number of rotatable bonds is 6. The van der Waals surface area contributed by atoms with Crippen molar-refractivity contribution in [3.63, 3.8) is 0 Å². The van der Waals surface area contributed by atoms with E-state index in [9.17, 15) is 36.3 Å². The van der Waals surface area contributed by atoms with Gasteiger partial charge in [-0.05, 0) is 49.4 Å². The molecule has 0 saturated carbocycles. The molecule has 9 nitrogen and oxygen atoms in total. The second kappa shape index (κ2) is 10.7. The molecule has 1 aliphatic rings. The molecule has 0 aliphatic carbocycles. The van der Waals surface area contributed by atoms with Crippen molar-refractivity contribution in [2.75, 3.05) is 36.4 Å². The Bertz CT molecular complexity index is 1590. The molecule has 0 radical (unpaired) electrons. The molecule has 39 heavy (non-hydrogen) atoms. The average Bonchev–Trinajstić information content (AvgIpc) is 3.31. The molecule has 0 atom stereocenters. The summed E-state index contributed by atoms with van der Waals surface area (Å²) in [4.78, 5) is 26.4. The number of alkyl halides is 3. The number of nitrogens with zero attached hydrogens (tertiary/aromatic N) is 3. The van der Waals surface area contributed by atoms with Crippen LogP contribution in [0.5, 0.6) is 0 Å². The minimum atomic E-state index is -4.49. The molecule has 1 saturated heterocycles. The number of carboxylic acids is 1. The van der Waals surface area contributed by atoms with Gasteiger partial charge in [-0.15, -0.1) is 11.3 Å². The number of carboxylic acid groups (broad SMARTS) is 1. The Morgan fingerprint density at radius 1 is 1.08 bits per heavy atom. The molecule has 2 N–H and O–H groups in total. The van der Waals surface area contributed by atoms with Gasteiger partial charge in [-0.25, -0.2) is 13.2 Å². The molecule has 0 bridgehead atoms. The predicted molar refractivity (Wildman–Crippen MR) is 138 cm³/mol. The van der Waals surface area contributed by atoms with E-state index in [4.69, 9.17) is 5.26 Å². The lowest BCUT2D eigenvalue weighted by Gasteiger charge is -2.35. The van der Waals surface area contributed by atoms with E-state index >= 15 is 0 Å². The van der Waals surface area contributed by atoms with E-state index in [2.05, 4.69) is 5.32 Å². The third-order valence-electron chi connectivity index (χ3n) is 6.12. The van der Waals surface area contributed by atoms with Gasteiger partial charge in [0.15, 0.2) is 0 Å². The van der Waals surface area contributed by atoms with E-state index in [0.29, 0.717) is 10.6 Å². The topological polar surface area (TPSA) is 131 Å². The Balaban J connectivity index is 1.49. The Morgan fingerprint density at radius 2 is 1.77 bits per heavy atom. The first-order valence-electron chi connectivity index (χ1n) is 11.4. The highest BCUT2D eigenvalue weighted by Crippen LogP contribution is 2.33. The predicted octanol–water partition coefficient (Wildman–Crippen LogP) is 4.41. The van der Waals surface area contributed by atoms with Gasteiger partial charge in [0.2, 0.25) is 10.0 Å². The van der Waals surface area contributed by atoms with Crippen molar-refractivity contribution < 1.29 is 36.3 Å². The summed E-state index contributed by atoms with van der Waals surface area (Å²) in [5.41, 5.74) is -0.684. The van der Waals surface area contributed by atoms with Crippen molar-refractivity contribution in [3.8, 4) is 6.07 Å². The number of sulfonamides is 1. The summed E-state index contributed by atoms with van der Waals surface area (Å²) in [6, 6.07) is 11.6. The molecule has 2 heterocycles. The lowest BCUT2D eigenvalue weighted by Crippen LogP contribution is -2.48. The number of carbonyl (C=O) groups is 2. The van der Waals surface area contributed by atoms with Gasteiger partial charge in [-0.1, -0.05) is 6.07 Å². The van der Waals surface area contributed by atoms with Gasteiger partial charge in [-0.3, -0.25) is 4.79 Å². The summed E-state index contributed by atoms with van der Waals surface area (Å²) in [6.45, 7) is 1.95. The zero-order valence-corrected chi connectivity index (χ0v) is 22.0. The quantitative estimate of drug-likeness (QED) is 0.443. The second-order valence-electron chi connectivity index (χ2n) is 8.60. The van der Waals surface area contributed by atoms with Crippen LogP contribution < -0.4 is 10.2 Å². The van der Waals surface area contributed by atoms with Gasteiger partial charge in [0, 0.05) is 36.7 Å². The van der Waals surface area contributed by atoms with E-state index < -0.39 is 33.6 Å². The van der Waals surface area contributed by atoms with Crippen molar-refractivity contribution in [3.05, 3.63) is 75.0 Å². The Kier molecular flexibility index (Phi) is 7.69. The lowest BCUT2D eigenvalue weighted by molar-refractivity contribution is -0.137. The van der Waals surface area contributed by atoms with Gasteiger partial charge in [0.05, 0.1) is 38.2 Å². The molecular formula is C25H21F3N4O5S2. The Labute approximate surface area is 225 Å². The number of thiophene rings is 1. The zero-order chi connectivity index (χ0) is 28.5. The van der Waals surface area contributed by atoms with Gasteiger partial charge in [-0.2, -0.15) is 22.7 Å². The van der Waals surface area contributed by atoms with Gasteiger partial charge >= 0.3 is 12.1 Å². The van der Waals surface area contributed by atoms with Crippen LogP contribution in [0, 0.1) is 18.3 Å². The molecule has 1 aliphatic heterocycles. The Morgan fingerprint density at radius 3 is 2.38 bits per heavy atom. The number of anilines is 2. The van der Waals surface area contributed by atoms with E-state index in [0.717, 1.165) is 29.5 Å². The van der Waals surface area contributed by atoms with E-state index in [1.54, 1.807) is 4.90 Å². The van der Waals surface area contributed by atoms with Crippen molar-refractivity contribution in [2.45, 2.75) is 18.0 Å². The summed E-state index contributed by atoms with van der Waals surface area (Å²) in [7, 11) is -4.02. The highest BCUT2D eigenvalue weighted by molar-refractivity contribution is 7.89. The fraction of sp³-hybridized carbons (Fsp3) is 0.240. The van der Waals surface area contributed by atoms with Crippen LogP contribution in [0.1, 0.15) is 36.0 Å². The van der Waals surface area contributed by atoms with Crippen molar-refractivity contribution in [2.24, 2.45) is 0 Å². The molecule has 4 rings (SSSR count). The average molecular weight is 579 g/mol. The SMILES string of the molecule is Cc1sc(C(=O)Nc2ccc(C#N)cc2C(=O)O)cc1S(=O)(=O)N1CCN(c2cccc(C(F)(F)F)c2)CC1. The first-order chi connectivity index (χ1) is 18.3. The Hall–Kier alpha value is -3.93. The molecule has 1 aromatic heterocycles. The summed E-state index contributed by atoms with van der Waals surface area (Å²) >= 11 is 0.921. The molecule has 3 aromatic rings. The lowest BCUT2D eigenvalue weighted by atomic mass is 10.1. The number of benzene rings is 2. The van der Waals surface area contributed by atoms with Crippen LogP contribution in [0.4, 0.5) is 24.5 Å². The minimum Gasteiger partial charge on any atom is -0.478 e. The highest BCUT2D eigenvalue weighted by atomic mass is 32.2. The van der Waals surface area contributed by atoms with Crippen LogP contribution in [0.15, 0.2) is 53.4 Å². The fourth-order valence-corrected chi connectivity index (χ4v) is 7.00. The summed E-state index contributed by atoms with van der Waals surface area (Å²) < 4.78 is 67.2. The molecule has 2 aromatic carbocycles. The van der Waals surface area contributed by atoms with Crippen LogP contribution in [-0.2, 0) is 16.2 Å². The van der Waals surface area contributed by atoms with Crippen LogP contribution >= 0.6 is 11.3 Å². The van der Waals surface area contributed by atoms with Gasteiger partial charge < -0.3 is 15.3 Å². The first-order valence-corrected chi connectivity index (χ1v) is 13.7. The standard InChI is InChI=1S/C25H21F3N4O5S2/c1-15-22(13-21(38-15)23(33)30-20-6-5-16(14-29)11-19(20)24(34)35)39(36,37)32-9-7-31(8-10-32)18-4-2-3-17(12-18)25(26,27)28/h2-6,11-13H,7-10H2,1H3,(H,30,33)(H,34,35). The van der Waals surface area contributed by atoms with Gasteiger partial charge in [0.1, 0.15) is 0 Å². The monoisotopic (exact) mass is 578 g/mol. The van der Waals surface area contributed by atoms with Crippen molar-refractivity contribution >= 4 is 44.6 Å². The number of nitriles is 1. The molecule has 0 unspecified atom stereocenters. The third-order valence-corrected chi connectivity index (χ3v) is 9.32. The van der Waals surface area contributed by atoms with Crippen LogP contribution in [0.3, 0.4) is 0 Å². The summed E-state index contributed by atoms with van der Waals surface area (Å²) in [5, 5.41) is 20.9. The zero-order valence-electron chi connectivity index (χ0n) is 20.3. The second-order valence-corrected chi connectivity index (χ2v) is 11.8. The molecule has 1 amide bonds. The fourth-order valence-electron chi connectivity index (χ4n) is 4.12. The van der Waals surface area contributed by atoms with Crippen LogP contribution in [0.2, 0.25) is 0 Å². The summed E-state index contributed by atoms with van der Waals surface area (Å²) in [6.07, 6.45) is -4.49. The van der Waals surface area contributed by atoms with Gasteiger partial charge in [0.25, 0.3) is 5.91 Å². The number of carbonyl (C=O) groups excluding carboxylic acids is 1. The van der Waals surface area contributed by atoms with E-state index in [1.165, 1.54) is 41.6 Å². The number of hydrogen-bond donors (Lipinski definition) is 2. The number of aryl methyl sites for hydroxylation is 1. The third kappa shape index (κ3) is 5.90. The van der Waals surface area contributed by atoms with Crippen LogP contribution in [0.25, 0.3) is 0 Å². The first kappa shape index (κ1) is 28.1. The number of piperazine rings is 1. The van der Waals surface area contributed by atoms with Crippen molar-refractivity contribution in [1.29, 1.82) is 5.26 Å². The van der Waals surface area contributed by atoms with Crippen molar-refractivity contribution in [1.82, 2.24) is 4.31 Å². The summed E-state index contributed by atoms with van der Waals surface area (Å²) in [5.74, 6) is -2.07. The molecule has 14 heteroatoms. The number of aromatic carboxylic acids is 1. The number of nitrogens with one attached hydrogen (secondary N) is 1. The number of hydrogen-bond acceptors (Lipinski definition) is 7. The minimum absolute atomic E-state index is 0.0304. The number of halogens is 3. The molecule has 1 fully saturated rings. The maximum Gasteiger partial charge on any atom is 0.416 e.